The fourth-order valence-electron chi connectivity index (χ4n) is 10.5. The van der Waals surface area contributed by atoms with Crippen molar-refractivity contribution in [1.82, 2.24) is 0 Å². The van der Waals surface area contributed by atoms with Crippen LogP contribution in [0.5, 0.6) is 0 Å². The number of aliphatic hydroxyl groups excluding tert-OH is 2. The van der Waals surface area contributed by atoms with Gasteiger partial charge in [0.1, 0.15) is 11.7 Å². The number of fused-ring (bicyclic) bond motifs is 2. The smallest absolute Gasteiger partial charge is 0.110 e. The molecule has 0 aliphatic heterocycles. The van der Waals surface area contributed by atoms with Gasteiger partial charge < -0.3 is 25.4 Å². The fourth-order valence-corrected chi connectivity index (χ4v) is 10.5. The predicted molar refractivity (Wildman–Crippen MR) is 137 cm³/mol. The fraction of sp³-hybridized carbons (Fsp3) is 0.733. The van der Waals surface area contributed by atoms with Crippen molar-refractivity contribution in [2.45, 2.75) is 83.5 Å². The molecule has 6 rings (SSSR count). The molecule has 4 bridgehead atoms. The van der Waals surface area contributed by atoms with Crippen molar-refractivity contribution in [3.8, 4) is 0 Å². The van der Waals surface area contributed by atoms with E-state index in [4.69, 9.17) is 4.74 Å². The molecular weight excluding hydrogens is 438 g/mol. The molecule has 4 N–H and O–H groups in total. The standard InChI is InChI=1S/C30H43NO4/c1-18(32)17-31-22-7-5-6-19(13-22)12-20-8-10-29(15-20)11-9-21-16-27(2)28(29,3)25(21)26-23(33)14-24(35-4)30(26,27)34/h5-7,13-14,18,20-21,24-26,31-34H,8-12,15-17H2,1-4H3/t18-,20+,21-,24-,25-,26-,27-,28-,29+,30+/m0/s1. The molecule has 1 aromatic carbocycles. The summed E-state index contributed by atoms with van der Waals surface area (Å²) in [7, 11) is 1.67. The van der Waals surface area contributed by atoms with Crippen molar-refractivity contribution in [3.05, 3.63) is 41.7 Å². The second-order valence-electron chi connectivity index (χ2n) is 13.1. The van der Waals surface area contributed by atoms with Crippen LogP contribution in [0.1, 0.15) is 64.9 Å². The van der Waals surface area contributed by atoms with Crippen LogP contribution in [0.25, 0.3) is 0 Å². The minimum absolute atomic E-state index is 0.00320. The zero-order valence-electron chi connectivity index (χ0n) is 21.8. The number of benzene rings is 1. The lowest BCUT2D eigenvalue weighted by Crippen LogP contribution is -2.59. The van der Waals surface area contributed by atoms with Crippen LogP contribution in [0.4, 0.5) is 5.69 Å². The average Bonchev–Trinajstić information content (AvgIpc) is 3.44. The Bertz CT molecular complexity index is 1040. The molecule has 1 spiro atoms. The number of nitrogens with one attached hydrogen (secondary N) is 1. The van der Waals surface area contributed by atoms with E-state index < -0.39 is 11.7 Å². The van der Waals surface area contributed by atoms with Crippen LogP contribution in [0.2, 0.25) is 0 Å². The summed E-state index contributed by atoms with van der Waals surface area (Å²) in [6, 6.07) is 8.67. The van der Waals surface area contributed by atoms with Gasteiger partial charge in [-0.05, 0) is 104 Å². The minimum atomic E-state index is -1.01. The normalized spacial score (nSPS) is 48.3. The number of aliphatic hydroxyl groups is 3. The van der Waals surface area contributed by atoms with Gasteiger partial charge in [0.15, 0.2) is 0 Å². The highest BCUT2D eigenvalue weighted by molar-refractivity contribution is 5.46. The molecule has 5 heteroatoms. The van der Waals surface area contributed by atoms with Gasteiger partial charge in [-0.25, -0.2) is 0 Å². The highest BCUT2D eigenvalue weighted by Crippen LogP contribution is 2.86. The summed E-state index contributed by atoms with van der Waals surface area (Å²) in [5.41, 5.74) is 1.37. The van der Waals surface area contributed by atoms with Gasteiger partial charge in [-0.1, -0.05) is 26.0 Å². The molecule has 5 nitrogen and oxygen atoms in total. The lowest BCUT2D eigenvalue weighted by molar-refractivity contribution is -0.181. The van der Waals surface area contributed by atoms with Gasteiger partial charge in [0.25, 0.3) is 0 Å². The predicted octanol–water partition coefficient (Wildman–Crippen LogP) is 5.08. The van der Waals surface area contributed by atoms with Crippen LogP contribution in [0.3, 0.4) is 0 Å². The molecule has 0 amide bonds. The SMILES string of the molecule is CO[C@H]1C=C(O)[C@H]2[C@@H]3[C@H]4CC[C@@]5(CC[C@H](Cc6cccc(NC[C@H](C)O)c6)C5)[C@]3(C)[C@](C)(C4)[C@@]12O. The maximum atomic E-state index is 12.3. The summed E-state index contributed by atoms with van der Waals surface area (Å²) in [5.74, 6) is 1.74. The van der Waals surface area contributed by atoms with E-state index in [0.717, 1.165) is 18.5 Å². The third-order valence-corrected chi connectivity index (χ3v) is 11.9. The summed E-state index contributed by atoms with van der Waals surface area (Å²) >= 11 is 0. The van der Waals surface area contributed by atoms with Crippen LogP contribution in [0.15, 0.2) is 36.1 Å². The molecule has 5 aliphatic carbocycles. The molecule has 1 aromatic rings. The Labute approximate surface area is 210 Å². The van der Waals surface area contributed by atoms with Crippen LogP contribution < -0.4 is 5.32 Å². The van der Waals surface area contributed by atoms with E-state index >= 15 is 0 Å². The Kier molecular flexibility index (Phi) is 5.25. The average molecular weight is 482 g/mol. The first kappa shape index (κ1) is 23.8. The Morgan fingerprint density at radius 1 is 1.17 bits per heavy atom. The Balaban J connectivity index is 1.28. The van der Waals surface area contributed by atoms with E-state index in [1.165, 1.54) is 37.7 Å². The Morgan fingerprint density at radius 3 is 2.69 bits per heavy atom. The van der Waals surface area contributed by atoms with Crippen LogP contribution in [-0.4, -0.2) is 46.8 Å². The van der Waals surface area contributed by atoms with Gasteiger partial charge in [-0.2, -0.15) is 0 Å². The second-order valence-corrected chi connectivity index (χ2v) is 13.1. The maximum Gasteiger partial charge on any atom is 0.110 e. The monoisotopic (exact) mass is 481 g/mol. The Morgan fingerprint density at radius 2 is 1.94 bits per heavy atom. The number of anilines is 1. The van der Waals surface area contributed by atoms with Gasteiger partial charge in [0, 0.05) is 24.8 Å². The summed E-state index contributed by atoms with van der Waals surface area (Å²) in [4.78, 5) is 0. The first-order valence-electron chi connectivity index (χ1n) is 13.8. The Hall–Kier alpha value is -1.56. The molecule has 10 atom stereocenters. The summed E-state index contributed by atoms with van der Waals surface area (Å²) in [6.45, 7) is 7.17. The first-order valence-corrected chi connectivity index (χ1v) is 13.8. The molecule has 0 saturated heterocycles. The highest BCUT2D eigenvalue weighted by atomic mass is 16.5. The lowest BCUT2D eigenvalue weighted by atomic mass is 9.48. The first-order chi connectivity index (χ1) is 16.6. The summed E-state index contributed by atoms with van der Waals surface area (Å²) in [6.07, 6.45) is 9.25. The molecular formula is C30H43NO4. The molecule has 35 heavy (non-hydrogen) atoms. The van der Waals surface area contributed by atoms with Crippen molar-refractivity contribution >= 4 is 5.69 Å². The van der Waals surface area contributed by atoms with Crippen LogP contribution in [-0.2, 0) is 11.2 Å². The van der Waals surface area contributed by atoms with E-state index in [-0.39, 0.29) is 28.3 Å². The maximum absolute atomic E-state index is 12.3. The molecule has 0 unspecified atom stereocenters. The number of ether oxygens (including phenoxy) is 1. The lowest BCUT2D eigenvalue weighted by Gasteiger charge is -2.56. The van der Waals surface area contributed by atoms with Gasteiger partial charge >= 0.3 is 0 Å². The number of hydrogen-bond donors (Lipinski definition) is 4. The minimum Gasteiger partial charge on any atom is -0.512 e. The molecule has 0 aromatic heterocycles. The van der Waals surface area contributed by atoms with Gasteiger partial charge in [-0.3, -0.25) is 0 Å². The number of hydrogen-bond acceptors (Lipinski definition) is 5. The van der Waals surface area contributed by atoms with E-state index in [1.54, 1.807) is 20.1 Å². The molecule has 192 valence electrons. The van der Waals surface area contributed by atoms with Crippen molar-refractivity contribution < 1.29 is 20.1 Å². The van der Waals surface area contributed by atoms with Gasteiger partial charge in [0.2, 0.25) is 0 Å². The van der Waals surface area contributed by atoms with Crippen LogP contribution >= 0.6 is 0 Å². The topological polar surface area (TPSA) is 82.0 Å². The van der Waals surface area contributed by atoms with Crippen molar-refractivity contribution in [1.29, 1.82) is 0 Å². The van der Waals surface area contributed by atoms with E-state index in [0.29, 0.717) is 30.1 Å². The molecule has 0 heterocycles. The molecule has 0 radical (unpaired) electrons. The van der Waals surface area contributed by atoms with E-state index in [2.05, 4.69) is 43.4 Å². The summed E-state index contributed by atoms with van der Waals surface area (Å²) in [5, 5.41) is 36.3. The van der Waals surface area contributed by atoms with Gasteiger partial charge in [0.05, 0.1) is 17.8 Å². The second kappa shape index (κ2) is 7.72. The number of methoxy groups -OCH3 is 1. The zero-order chi connectivity index (χ0) is 24.8. The van der Waals surface area contributed by atoms with E-state index in [9.17, 15) is 15.3 Å². The molecule has 4 saturated carbocycles. The largest absolute Gasteiger partial charge is 0.512 e. The van der Waals surface area contributed by atoms with Crippen LogP contribution in [0, 0.1) is 39.9 Å². The highest BCUT2D eigenvalue weighted by Gasteiger charge is 2.86. The van der Waals surface area contributed by atoms with Crippen molar-refractivity contribution in [3.63, 3.8) is 0 Å². The third-order valence-electron chi connectivity index (χ3n) is 11.9. The number of rotatable bonds is 6. The molecule has 4 fully saturated rings. The molecule has 5 aliphatic rings. The summed E-state index contributed by atoms with van der Waals surface area (Å²) < 4.78 is 5.80. The van der Waals surface area contributed by atoms with Gasteiger partial charge in [-0.15, -0.1) is 0 Å². The quantitative estimate of drug-likeness (QED) is 0.455. The van der Waals surface area contributed by atoms with E-state index in [1.807, 2.05) is 0 Å². The van der Waals surface area contributed by atoms with Crippen molar-refractivity contribution in [2.75, 3.05) is 19.0 Å². The van der Waals surface area contributed by atoms with Crippen molar-refractivity contribution in [2.24, 2.45) is 39.9 Å². The zero-order valence-corrected chi connectivity index (χ0v) is 21.8. The third kappa shape index (κ3) is 2.86.